The van der Waals surface area contributed by atoms with Crippen LogP contribution in [0.15, 0.2) is 30.3 Å². The molecule has 0 bridgehead atoms. The van der Waals surface area contributed by atoms with Gasteiger partial charge in [-0.25, -0.2) is 9.78 Å². The number of nitrogens with zero attached hydrogens (tertiary/aromatic N) is 1. The van der Waals surface area contributed by atoms with Crippen LogP contribution in [0.4, 0.5) is 5.13 Å². The van der Waals surface area contributed by atoms with E-state index in [2.05, 4.69) is 10.3 Å². The molecule has 0 fully saturated rings. The maximum atomic E-state index is 12.0. The zero-order valence-corrected chi connectivity index (χ0v) is 13.5. The summed E-state index contributed by atoms with van der Waals surface area (Å²) in [4.78, 5) is 27.8. The highest BCUT2D eigenvalue weighted by Gasteiger charge is 2.24. The number of rotatable bonds is 4. The van der Waals surface area contributed by atoms with Crippen LogP contribution in [-0.2, 0) is 11.2 Å². The number of carboxylic acid groups (broad SMARTS) is 1. The lowest BCUT2D eigenvalue weighted by atomic mass is 9.96. The molecule has 6 heteroatoms. The van der Waals surface area contributed by atoms with Gasteiger partial charge in [0.25, 0.3) is 0 Å². The molecule has 2 rings (SSSR count). The van der Waals surface area contributed by atoms with E-state index >= 15 is 0 Å². The van der Waals surface area contributed by atoms with E-state index in [1.54, 1.807) is 20.8 Å². The van der Waals surface area contributed by atoms with E-state index in [-0.39, 0.29) is 10.8 Å². The van der Waals surface area contributed by atoms with Crippen LogP contribution >= 0.6 is 11.3 Å². The highest BCUT2D eigenvalue weighted by Crippen LogP contribution is 2.27. The standard InChI is InChI=1S/C16H18N2O3S/c1-16(2,3)14(21)18-15-17-11(12(22-15)13(19)20)9-10-7-5-4-6-8-10/h4-8H,9H2,1-3H3,(H,19,20)(H,17,18,21). The fourth-order valence-corrected chi connectivity index (χ4v) is 2.58. The summed E-state index contributed by atoms with van der Waals surface area (Å²) in [5.74, 6) is -1.22. The van der Waals surface area contributed by atoms with Crippen LogP contribution < -0.4 is 5.32 Å². The van der Waals surface area contributed by atoms with Gasteiger partial charge in [0.05, 0.1) is 5.69 Å². The maximum Gasteiger partial charge on any atom is 0.347 e. The molecule has 0 aliphatic carbocycles. The number of carboxylic acids is 1. The van der Waals surface area contributed by atoms with Gasteiger partial charge in [-0.2, -0.15) is 0 Å². The third-order valence-electron chi connectivity index (χ3n) is 3.01. The van der Waals surface area contributed by atoms with Crippen LogP contribution in [-0.4, -0.2) is 22.0 Å². The van der Waals surface area contributed by atoms with E-state index in [0.29, 0.717) is 17.2 Å². The van der Waals surface area contributed by atoms with Crippen LogP contribution in [0.5, 0.6) is 0 Å². The summed E-state index contributed by atoms with van der Waals surface area (Å²) in [6.45, 7) is 5.37. The highest BCUT2D eigenvalue weighted by atomic mass is 32.1. The Morgan fingerprint density at radius 2 is 1.86 bits per heavy atom. The van der Waals surface area contributed by atoms with Gasteiger partial charge >= 0.3 is 5.97 Å². The average molecular weight is 318 g/mol. The monoisotopic (exact) mass is 318 g/mol. The first-order chi connectivity index (χ1) is 10.3. The van der Waals surface area contributed by atoms with Crippen molar-refractivity contribution in [2.75, 3.05) is 5.32 Å². The number of benzene rings is 1. The summed E-state index contributed by atoms with van der Waals surface area (Å²) in [6, 6.07) is 9.52. The average Bonchev–Trinajstić information content (AvgIpc) is 2.81. The second-order valence-corrected chi connectivity index (χ2v) is 6.97. The summed E-state index contributed by atoms with van der Waals surface area (Å²) >= 11 is 0.989. The van der Waals surface area contributed by atoms with Gasteiger partial charge in [-0.1, -0.05) is 62.4 Å². The topological polar surface area (TPSA) is 79.3 Å². The van der Waals surface area contributed by atoms with Crippen molar-refractivity contribution in [1.82, 2.24) is 4.98 Å². The van der Waals surface area contributed by atoms with Gasteiger partial charge in [-0.3, -0.25) is 4.79 Å². The lowest BCUT2D eigenvalue weighted by Gasteiger charge is -2.15. The number of amides is 1. The van der Waals surface area contributed by atoms with Gasteiger partial charge in [0.1, 0.15) is 4.88 Å². The number of anilines is 1. The SMILES string of the molecule is CC(C)(C)C(=O)Nc1nc(Cc2ccccc2)c(C(=O)O)s1. The smallest absolute Gasteiger partial charge is 0.347 e. The molecule has 0 saturated carbocycles. The number of thiazole rings is 1. The van der Waals surface area contributed by atoms with Crippen molar-refractivity contribution < 1.29 is 14.7 Å². The van der Waals surface area contributed by atoms with Gasteiger partial charge in [0.2, 0.25) is 5.91 Å². The zero-order chi connectivity index (χ0) is 16.3. The molecule has 2 N–H and O–H groups in total. The summed E-state index contributed by atoms with van der Waals surface area (Å²) < 4.78 is 0. The second kappa shape index (κ2) is 6.27. The summed E-state index contributed by atoms with van der Waals surface area (Å²) in [6.07, 6.45) is 0.421. The highest BCUT2D eigenvalue weighted by molar-refractivity contribution is 7.17. The lowest BCUT2D eigenvalue weighted by molar-refractivity contribution is -0.123. The minimum absolute atomic E-state index is 0.160. The Bertz CT molecular complexity index is 687. The normalized spacial score (nSPS) is 11.2. The molecule has 116 valence electrons. The zero-order valence-electron chi connectivity index (χ0n) is 12.7. The van der Waals surface area contributed by atoms with E-state index in [0.717, 1.165) is 16.9 Å². The Balaban J connectivity index is 2.26. The number of hydrogen-bond donors (Lipinski definition) is 2. The molecule has 0 radical (unpaired) electrons. The maximum absolute atomic E-state index is 12.0. The number of carbonyl (C=O) groups is 2. The van der Waals surface area contributed by atoms with Crippen molar-refractivity contribution in [3.63, 3.8) is 0 Å². The molecule has 0 aliphatic rings. The first kappa shape index (κ1) is 16.2. The Labute approximate surface area is 133 Å². The van der Waals surface area contributed by atoms with Gasteiger partial charge in [0, 0.05) is 11.8 Å². The summed E-state index contributed by atoms with van der Waals surface area (Å²) in [5.41, 5.74) is 0.881. The molecule has 2 aromatic rings. The number of carbonyl (C=O) groups excluding carboxylic acids is 1. The van der Waals surface area contributed by atoms with Crippen LogP contribution in [0.25, 0.3) is 0 Å². The molecule has 0 unspecified atom stereocenters. The molecule has 1 aromatic heterocycles. The van der Waals surface area contributed by atoms with Crippen molar-refractivity contribution in [1.29, 1.82) is 0 Å². The minimum atomic E-state index is -1.03. The van der Waals surface area contributed by atoms with Gasteiger partial charge in [-0.05, 0) is 5.56 Å². The number of hydrogen-bond acceptors (Lipinski definition) is 4. The molecule has 22 heavy (non-hydrogen) atoms. The van der Waals surface area contributed by atoms with E-state index in [1.807, 2.05) is 30.3 Å². The fraction of sp³-hybridized carbons (Fsp3) is 0.312. The van der Waals surface area contributed by atoms with Crippen LogP contribution in [0.1, 0.15) is 41.7 Å². The third-order valence-corrected chi connectivity index (χ3v) is 4.01. The fourth-order valence-electron chi connectivity index (χ4n) is 1.77. The Morgan fingerprint density at radius 3 is 2.41 bits per heavy atom. The molecule has 1 aromatic carbocycles. The van der Waals surface area contributed by atoms with E-state index in [9.17, 15) is 14.7 Å². The van der Waals surface area contributed by atoms with E-state index in [1.165, 1.54) is 0 Å². The molecule has 0 aliphatic heterocycles. The summed E-state index contributed by atoms with van der Waals surface area (Å²) in [5, 5.41) is 12.3. The molecule has 1 heterocycles. The first-order valence-corrected chi connectivity index (χ1v) is 7.67. The lowest BCUT2D eigenvalue weighted by Crippen LogP contribution is -2.27. The third kappa shape index (κ3) is 3.92. The quantitative estimate of drug-likeness (QED) is 0.905. The molecular formula is C16H18N2O3S. The van der Waals surface area contributed by atoms with Crippen LogP contribution in [0.2, 0.25) is 0 Å². The summed E-state index contributed by atoms with van der Waals surface area (Å²) in [7, 11) is 0. The molecule has 0 spiro atoms. The minimum Gasteiger partial charge on any atom is -0.477 e. The second-order valence-electron chi connectivity index (χ2n) is 5.97. The molecular weight excluding hydrogens is 300 g/mol. The largest absolute Gasteiger partial charge is 0.477 e. The first-order valence-electron chi connectivity index (χ1n) is 6.86. The van der Waals surface area contributed by atoms with Crippen molar-refractivity contribution in [2.24, 2.45) is 5.41 Å². The van der Waals surface area contributed by atoms with E-state index in [4.69, 9.17) is 0 Å². The Kier molecular flexibility index (Phi) is 4.61. The molecule has 0 atom stereocenters. The van der Waals surface area contributed by atoms with Gasteiger partial charge in [0.15, 0.2) is 5.13 Å². The van der Waals surface area contributed by atoms with Gasteiger partial charge in [-0.15, -0.1) is 0 Å². The van der Waals surface area contributed by atoms with Crippen LogP contribution in [0.3, 0.4) is 0 Å². The molecule has 0 saturated heterocycles. The van der Waals surface area contributed by atoms with E-state index < -0.39 is 11.4 Å². The van der Waals surface area contributed by atoms with Crippen molar-refractivity contribution in [3.8, 4) is 0 Å². The Hall–Kier alpha value is -2.21. The van der Waals surface area contributed by atoms with Crippen molar-refractivity contribution in [2.45, 2.75) is 27.2 Å². The van der Waals surface area contributed by atoms with Crippen molar-refractivity contribution >= 4 is 28.3 Å². The number of aromatic carboxylic acids is 1. The predicted octanol–water partition coefficient (Wildman–Crippen LogP) is 3.42. The van der Waals surface area contributed by atoms with Crippen molar-refractivity contribution in [3.05, 3.63) is 46.5 Å². The van der Waals surface area contributed by atoms with Crippen LogP contribution in [0, 0.1) is 5.41 Å². The van der Waals surface area contributed by atoms with Gasteiger partial charge < -0.3 is 10.4 Å². The number of aromatic nitrogens is 1. The molecule has 5 nitrogen and oxygen atoms in total. The predicted molar refractivity (Wildman–Crippen MR) is 86.4 cm³/mol. The molecule has 1 amide bonds. The Morgan fingerprint density at radius 1 is 1.23 bits per heavy atom. The number of nitrogens with one attached hydrogen (secondary N) is 1.